The molecule has 2 saturated heterocycles. The lowest BCUT2D eigenvalue weighted by Gasteiger charge is -2.25. The van der Waals surface area contributed by atoms with E-state index >= 15 is 0 Å². The van der Waals surface area contributed by atoms with Crippen LogP contribution in [0.1, 0.15) is 144 Å². The molecule has 0 aromatic heterocycles. The molecule has 2 aliphatic rings. The number of nitrogens with one attached hydrogen (secondary N) is 4. The minimum absolute atomic E-state index is 0.0767. The highest BCUT2D eigenvalue weighted by atomic mass is 16.8. The Hall–Kier alpha value is -2.80. The fraction of sp³-hybridized carbons (Fsp3) is 0.800. The Morgan fingerprint density at radius 3 is 0.962 bits per heavy atom. The summed E-state index contributed by atoms with van der Waals surface area (Å²) in [6.45, 7) is 20.2. The average molecular weight is 735 g/mol. The molecule has 2 heterocycles. The molecule has 4 amide bonds. The van der Waals surface area contributed by atoms with Crippen LogP contribution in [0, 0.1) is 0 Å². The number of ether oxygens (including phenoxy) is 4. The Labute approximate surface area is 313 Å². The zero-order valence-electron chi connectivity index (χ0n) is 33.1. The van der Waals surface area contributed by atoms with E-state index in [2.05, 4.69) is 34.4 Å². The van der Waals surface area contributed by atoms with E-state index in [9.17, 15) is 19.2 Å². The summed E-state index contributed by atoms with van der Waals surface area (Å²) in [5, 5.41) is 11.7. The number of hydrogen-bond acceptors (Lipinski definition) is 8. The van der Waals surface area contributed by atoms with Crippen LogP contribution in [-0.2, 0) is 38.1 Å². The second kappa shape index (κ2) is 23.8. The molecule has 0 radical (unpaired) electrons. The van der Waals surface area contributed by atoms with E-state index in [-0.39, 0.29) is 23.6 Å². The van der Waals surface area contributed by atoms with Gasteiger partial charge in [0, 0.05) is 37.3 Å². The van der Waals surface area contributed by atoms with Crippen LogP contribution in [0.25, 0.3) is 0 Å². The maximum absolute atomic E-state index is 13.3. The maximum atomic E-state index is 13.3. The molecule has 0 aliphatic carbocycles. The zero-order chi connectivity index (χ0) is 38.6. The molecular weight excluding hydrogens is 664 g/mol. The van der Waals surface area contributed by atoms with E-state index in [1.165, 1.54) is 0 Å². The summed E-state index contributed by atoms with van der Waals surface area (Å²) >= 11 is 0. The highest BCUT2D eigenvalue weighted by Gasteiger charge is 2.57. The number of amides is 4. The Kier molecular flexibility index (Phi) is 20.7. The fourth-order valence-electron chi connectivity index (χ4n) is 6.42. The molecule has 0 spiro atoms. The van der Waals surface area contributed by atoms with E-state index in [1.54, 1.807) is 41.5 Å². The summed E-state index contributed by atoms with van der Waals surface area (Å²) < 4.78 is 24.5. The topological polar surface area (TPSA) is 153 Å². The Morgan fingerprint density at radius 1 is 0.442 bits per heavy atom. The van der Waals surface area contributed by atoms with Gasteiger partial charge in [-0.25, -0.2) is 0 Å². The second-order valence-electron chi connectivity index (χ2n) is 15.4. The SMILES string of the molecule is C=C(C)C(=O)NCCCCCCCCCCNC(=O)C1OC(C)(C)OC1C1OC(C)(C)OC1C(=O)NCCCCCCCCCCNC(=O)C(=C)C. The summed E-state index contributed by atoms with van der Waals surface area (Å²) in [4.78, 5) is 49.7. The van der Waals surface area contributed by atoms with Gasteiger partial charge in [-0.1, -0.05) is 90.2 Å². The van der Waals surface area contributed by atoms with Gasteiger partial charge in [-0.15, -0.1) is 0 Å². The quantitative estimate of drug-likeness (QED) is 0.0603. The number of unbranched alkanes of at least 4 members (excludes halogenated alkanes) is 14. The van der Waals surface area contributed by atoms with Crippen LogP contribution in [0.4, 0.5) is 0 Å². The first-order chi connectivity index (χ1) is 24.6. The molecular formula is C40H70N4O8. The first kappa shape index (κ1) is 45.4. The Balaban J connectivity index is 1.67. The van der Waals surface area contributed by atoms with E-state index in [4.69, 9.17) is 18.9 Å². The third kappa shape index (κ3) is 17.8. The second-order valence-corrected chi connectivity index (χ2v) is 15.4. The molecule has 0 aromatic rings. The minimum atomic E-state index is -1.03. The van der Waals surface area contributed by atoms with Crippen LogP contribution in [0.3, 0.4) is 0 Å². The molecule has 0 saturated carbocycles. The van der Waals surface area contributed by atoms with Gasteiger partial charge in [0.2, 0.25) is 11.8 Å². The number of carbonyl (C=O) groups excluding carboxylic acids is 4. The van der Waals surface area contributed by atoms with Crippen molar-refractivity contribution in [2.45, 2.75) is 180 Å². The van der Waals surface area contributed by atoms with E-state index in [0.717, 1.165) is 103 Å². The minimum Gasteiger partial charge on any atom is -0.354 e. The lowest BCUT2D eigenvalue weighted by molar-refractivity contribution is -0.175. The highest BCUT2D eigenvalue weighted by molar-refractivity contribution is 5.92. The summed E-state index contributed by atoms with van der Waals surface area (Å²) in [7, 11) is 0. The van der Waals surface area contributed by atoms with Crippen LogP contribution in [0.5, 0.6) is 0 Å². The normalized spacial score (nSPS) is 21.7. The standard InChI is InChI=1S/C40H70N4O8/c1-29(2)35(45)41-25-21-17-13-9-11-15-19-23-27-43-37(47)33-31(49-39(5,6)51-33)32-34(52-40(7,8)50-32)38(48)44-28-24-20-16-12-10-14-18-22-26-42-36(46)30(3)4/h31-34H,1,3,9-28H2,2,4-8H3,(H,41,45)(H,42,46)(H,43,47)(H,44,48). The third-order valence-electron chi connectivity index (χ3n) is 9.25. The number of carbonyl (C=O) groups is 4. The van der Waals surface area contributed by atoms with Gasteiger partial charge in [0.15, 0.2) is 23.8 Å². The molecule has 4 atom stereocenters. The molecule has 0 bridgehead atoms. The van der Waals surface area contributed by atoms with Gasteiger partial charge in [0.25, 0.3) is 11.8 Å². The summed E-state index contributed by atoms with van der Waals surface area (Å²) in [6, 6.07) is 0. The molecule has 4 N–H and O–H groups in total. The largest absolute Gasteiger partial charge is 0.354 e. The maximum Gasteiger partial charge on any atom is 0.252 e. The average Bonchev–Trinajstić information content (AvgIpc) is 3.59. The van der Waals surface area contributed by atoms with Crippen molar-refractivity contribution in [3.8, 4) is 0 Å². The van der Waals surface area contributed by atoms with E-state index < -0.39 is 36.0 Å². The molecule has 4 unspecified atom stereocenters. The predicted molar refractivity (Wildman–Crippen MR) is 203 cm³/mol. The summed E-state index contributed by atoms with van der Waals surface area (Å²) in [5.74, 6) is -2.77. The van der Waals surface area contributed by atoms with Gasteiger partial charge in [0.05, 0.1) is 0 Å². The van der Waals surface area contributed by atoms with E-state index in [1.807, 2.05) is 0 Å². The van der Waals surface area contributed by atoms with Crippen molar-refractivity contribution in [2.24, 2.45) is 0 Å². The molecule has 52 heavy (non-hydrogen) atoms. The number of rotatable bonds is 27. The zero-order valence-corrected chi connectivity index (χ0v) is 33.1. The van der Waals surface area contributed by atoms with Crippen LogP contribution in [0.15, 0.2) is 24.3 Å². The van der Waals surface area contributed by atoms with Crippen LogP contribution in [-0.4, -0.2) is 85.8 Å². The molecule has 12 heteroatoms. The first-order valence-electron chi connectivity index (χ1n) is 19.8. The van der Waals surface area contributed by atoms with Gasteiger partial charge in [-0.3, -0.25) is 19.2 Å². The lowest BCUT2D eigenvalue weighted by atomic mass is 10.0. The lowest BCUT2D eigenvalue weighted by Crippen LogP contribution is -2.52. The summed E-state index contributed by atoms with van der Waals surface area (Å²) in [6.07, 6.45) is 13.4. The van der Waals surface area contributed by atoms with Crippen molar-refractivity contribution in [2.75, 3.05) is 26.2 Å². The van der Waals surface area contributed by atoms with Crippen LogP contribution in [0.2, 0.25) is 0 Å². The van der Waals surface area contributed by atoms with Crippen LogP contribution < -0.4 is 21.3 Å². The van der Waals surface area contributed by atoms with Gasteiger partial charge >= 0.3 is 0 Å². The molecule has 298 valence electrons. The van der Waals surface area contributed by atoms with Crippen molar-refractivity contribution in [3.05, 3.63) is 24.3 Å². The molecule has 2 rings (SSSR count). The molecule has 0 aromatic carbocycles. The van der Waals surface area contributed by atoms with Crippen molar-refractivity contribution in [3.63, 3.8) is 0 Å². The van der Waals surface area contributed by atoms with Gasteiger partial charge in [-0.2, -0.15) is 0 Å². The van der Waals surface area contributed by atoms with Crippen molar-refractivity contribution in [1.29, 1.82) is 0 Å². The smallest absolute Gasteiger partial charge is 0.252 e. The Bertz CT molecular complexity index is 1070. The predicted octanol–water partition coefficient (Wildman–Crippen LogP) is 5.89. The van der Waals surface area contributed by atoms with Gasteiger partial charge in [0.1, 0.15) is 12.2 Å². The third-order valence-corrected chi connectivity index (χ3v) is 9.25. The van der Waals surface area contributed by atoms with Gasteiger partial charge < -0.3 is 40.2 Å². The Morgan fingerprint density at radius 2 is 0.692 bits per heavy atom. The molecule has 2 fully saturated rings. The highest BCUT2D eigenvalue weighted by Crippen LogP contribution is 2.38. The van der Waals surface area contributed by atoms with Crippen molar-refractivity contribution >= 4 is 23.6 Å². The molecule has 12 nitrogen and oxygen atoms in total. The summed E-state index contributed by atoms with van der Waals surface area (Å²) in [5.41, 5.74) is 1.08. The van der Waals surface area contributed by atoms with Crippen molar-refractivity contribution < 1.29 is 38.1 Å². The van der Waals surface area contributed by atoms with Gasteiger partial charge in [-0.05, 0) is 67.2 Å². The fourth-order valence-corrected chi connectivity index (χ4v) is 6.42. The monoisotopic (exact) mass is 735 g/mol. The van der Waals surface area contributed by atoms with E-state index in [0.29, 0.717) is 37.3 Å². The van der Waals surface area contributed by atoms with Crippen LogP contribution >= 0.6 is 0 Å². The first-order valence-corrected chi connectivity index (χ1v) is 19.8. The van der Waals surface area contributed by atoms with Crippen molar-refractivity contribution in [1.82, 2.24) is 21.3 Å². The molecule has 2 aliphatic heterocycles. The number of hydrogen-bond donors (Lipinski definition) is 4.